The van der Waals surface area contributed by atoms with Gasteiger partial charge in [0.2, 0.25) is 0 Å². The molecule has 0 saturated heterocycles. The Hall–Kier alpha value is -0.820. The molecule has 1 fully saturated rings. The summed E-state index contributed by atoms with van der Waals surface area (Å²) in [5, 5.41) is 3.66. The molecule has 1 aliphatic rings. The van der Waals surface area contributed by atoms with E-state index in [1.165, 1.54) is 30.4 Å². The quantitative estimate of drug-likeness (QED) is 0.781. The first kappa shape index (κ1) is 16.5. The molecule has 118 valence electrons. The van der Waals surface area contributed by atoms with Crippen molar-refractivity contribution >= 4 is 0 Å². The zero-order valence-corrected chi connectivity index (χ0v) is 14.8. The van der Waals surface area contributed by atoms with Gasteiger partial charge in [0.1, 0.15) is 0 Å². The Morgan fingerprint density at radius 2 is 1.62 bits per heavy atom. The normalized spacial score (nSPS) is 18.8. The van der Waals surface area contributed by atoms with Crippen LogP contribution in [0, 0.1) is 11.3 Å². The highest BCUT2D eigenvalue weighted by Gasteiger charge is 2.41. The maximum Gasteiger partial charge on any atom is 0.00134 e. The van der Waals surface area contributed by atoms with Gasteiger partial charge in [-0.3, -0.25) is 0 Å². The van der Waals surface area contributed by atoms with Gasteiger partial charge in [0.15, 0.2) is 0 Å². The summed E-state index contributed by atoms with van der Waals surface area (Å²) in [4.78, 5) is 0. The van der Waals surface area contributed by atoms with E-state index in [0.29, 0.717) is 11.5 Å². The van der Waals surface area contributed by atoms with E-state index in [4.69, 9.17) is 0 Å². The Kier molecular flexibility index (Phi) is 4.82. The van der Waals surface area contributed by atoms with Crippen LogP contribution in [-0.2, 0) is 11.8 Å². The highest BCUT2D eigenvalue weighted by atomic mass is 14.9. The predicted molar refractivity (Wildman–Crippen MR) is 92.8 cm³/mol. The first-order valence-electron chi connectivity index (χ1n) is 8.53. The van der Waals surface area contributed by atoms with Crippen LogP contribution in [0.2, 0.25) is 0 Å². The lowest BCUT2D eigenvalue weighted by Crippen LogP contribution is -2.38. The number of rotatable bonds is 6. The van der Waals surface area contributed by atoms with Crippen LogP contribution >= 0.6 is 0 Å². The molecule has 1 atom stereocenters. The third-order valence-electron chi connectivity index (χ3n) is 4.91. The van der Waals surface area contributed by atoms with Gasteiger partial charge in [-0.15, -0.1) is 0 Å². The fourth-order valence-corrected chi connectivity index (χ4v) is 3.16. The number of hydrogen-bond donors (Lipinski definition) is 1. The van der Waals surface area contributed by atoms with Crippen LogP contribution in [0.1, 0.15) is 65.5 Å². The van der Waals surface area contributed by atoms with Crippen molar-refractivity contribution in [3.8, 4) is 0 Å². The van der Waals surface area contributed by atoms with E-state index in [0.717, 1.165) is 12.5 Å². The van der Waals surface area contributed by atoms with Crippen molar-refractivity contribution < 1.29 is 0 Å². The Morgan fingerprint density at radius 1 is 1.05 bits per heavy atom. The summed E-state index contributed by atoms with van der Waals surface area (Å²) >= 11 is 0. The molecule has 0 heterocycles. The second-order valence-corrected chi connectivity index (χ2v) is 8.59. The van der Waals surface area contributed by atoms with E-state index in [-0.39, 0.29) is 5.41 Å². The standard InChI is InChI=1S/C20H33N/c1-15(2)21-14-20(6,18-11-12-18)13-16-7-9-17(10-8-16)19(3,4)5/h7-10,15,18,21H,11-14H2,1-6H3. The molecule has 1 aromatic rings. The van der Waals surface area contributed by atoms with Crippen molar-refractivity contribution in [3.63, 3.8) is 0 Å². The summed E-state index contributed by atoms with van der Waals surface area (Å²) < 4.78 is 0. The summed E-state index contributed by atoms with van der Waals surface area (Å²) in [6, 6.07) is 9.90. The van der Waals surface area contributed by atoms with Gasteiger partial charge in [-0.05, 0) is 47.1 Å². The highest BCUT2D eigenvalue weighted by Crippen LogP contribution is 2.47. The molecular formula is C20H33N. The van der Waals surface area contributed by atoms with Gasteiger partial charge in [-0.1, -0.05) is 65.8 Å². The number of nitrogens with one attached hydrogen (secondary N) is 1. The number of benzene rings is 1. The van der Waals surface area contributed by atoms with Crippen molar-refractivity contribution in [1.82, 2.24) is 5.32 Å². The van der Waals surface area contributed by atoms with Crippen LogP contribution in [0.15, 0.2) is 24.3 Å². The highest BCUT2D eigenvalue weighted by molar-refractivity contribution is 5.28. The first-order chi connectivity index (χ1) is 9.71. The molecule has 0 amide bonds. The molecule has 21 heavy (non-hydrogen) atoms. The van der Waals surface area contributed by atoms with Crippen molar-refractivity contribution in [3.05, 3.63) is 35.4 Å². The fourth-order valence-electron chi connectivity index (χ4n) is 3.16. The second kappa shape index (κ2) is 6.12. The van der Waals surface area contributed by atoms with Crippen LogP contribution < -0.4 is 5.32 Å². The second-order valence-electron chi connectivity index (χ2n) is 8.59. The van der Waals surface area contributed by atoms with Crippen LogP contribution in [-0.4, -0.2) is 12.6 Å². The Bertz CT molecular complexity index is 448. The molecular weight excluding hydrogens is 254 g/mol. The molecule has 0 radical (unpaired) electrons. The van der Waals surface area contributed by atoms with E-state index in [9.17, 15) is 0 Å². The average molecular weight is 287 g/mol. The smallest absolute Gasteiger partial charge is 0.00134 e. The zero-order valence-electron chi connectivity index (χ0n) is 14.8. The summed E-state index contributed by atoms with van der Waals surface area (Å²) in [7, 11) is 0. The van der Waals surface area contributed by atoms with E-state index in [2.05, 4.69) is 71.1 Å². The molecule has 0 aliphatic heterocycles. The molecule has 1 aromatic carbocycles. The largest absolute Gasteiger partial charge is 0.314 e. The summed E-state index contributed by atoms with van der Waals surface area (Å²) in [6.45, 7) is 14.9. The van der Waals surface area contributed by atoms with Gasteiger partial charge < -0.3 is 5.32 Å². The topological polar surface area (TPSA) is 12.0 Å². The molecule has 0 aromatic heterocycles. The van der Waals surface area contributed by atoms with Crippen molar-refractivity contribution in [2.45, 2.75) is 72.3 Å². The van der Waals surface area contributed by atoms with Crippen molar-refractivity contribution in [2.24, 2.45) is 11.3 Å². The van der Waals surface area contributed by atoms with Crippen LogP contribution in [0.25, 0.3) is 0 Å². The van der Waals surface area contributed by atoms with E-state index >= 15 is 0 Å². The minimum Gasteiger partial charge on any atom is -0.314 e. The van der Waals surface area contributed by atoms with Gasteiger partial charge in [-0.25, -0.2) is 0 Å². The molecule has 0 spiro atoms. The molecule has 1 saturated carbocycles. The lowest BCUT2D eigenvalue weighted by molar-refractivity contribution is 0.248. The SMILES string of the molecule is CC(C)NCC(C)(Cc1ccc(C(C)(C)C)cc1)C1CC1. The Labute approximate surface area is 131 Å². The van der Waals surface area contributed by atoms with Gasteiger partial charge in [0.05, 0.1) is 0 Å². The van der Waals surface area contributed by atoms with Gasteiger partial charge in [0, 0.05) is 12.6 Å². The minimum atomic E-state index is 0.248. The Morgan fingerprint density at radius 3 is 2.05 bits per heavy atom. The zero-order chi connectivity index (χ0) is 15.7. The van der Waals surface area contributed by atoms with Crippen molar-refractivity contribution in [1.29, 1.82) is 0 Å². The molecule has 0 bridgehead atoms. The summed E-state index contributed by atoms with van der Waals surface area (Å²) in [5.41, 5.74) is 3.58. The average Bonchev–Trinajstić information content (AvgIpc) is 3.20. The maximum absolute atomic E-state index is 3.66. The molecule has 1 aliphatic carbocycles. The van der Waals surface area contributed by atoms with Crippen LogP contribution in [0.4, 0.5) is 0 Å². The maximum atomic E-state index is 3.66. The van der Waals surface area contributed by atoms with Gasteiger partial charge in [-0.2, -0.15) is 0 Å². The van der Waals surface area contributed by atoms with Crippen LogP contribution in [0.5, 0.6) is 0 Å². The molecule has 1 heteroatoms. The third kappa shape index (κ3) is 4.57. The van der Waals surface area contributed by atoms with Crippen molar-refractivity contribution in [2.75, 3.05) is 6.54 Å². The van der Waals surface area contributed by atoms with Gasteiger partial charge in [0.25, 0.3) is 0 Å². The molecule has 1 unspecified atom stereocenters. The van der Waals surface area contributed by atoms with E-state index in [1.807, 2.05) is 0 Å². The summed E-state index contributed by atoms with van der Waals surface area (Å²) in [6.07, 6.45) is 4.02. The predicted octanol–water partition coefficient (Wildman–Crippen LogP) is 4.94. The lowest BCUT2D eigenvalue weighted by Gasteiger charge is -2.31. The minimum absolute atomic E-state index is 0.248. The molecule has 2 rings (SSSR count). The lowest BCUT2D eigenvalue weighted by atomic mass is 9.78. The molecule has 1 N–H and O–H groups in total. The fraction of sp³-hybridized carbons (Fsp3) is 0.700. The van der Waals surface area contributed by atoms with E-state index < -0.39 is 0 Å². The molecule has 1 nitrogen and oxygen atoms in total. The first-order valence-corrected chi connectivity index (χ1v) is 8.53. The third-order valence-corrected chi connectivity index (χ3v) is 4.91. The van der Waals surface area contributed by atoms with Gasteiger partial charge >= 0.3 is 0 Å². The number of hydrogen-bond acceptors (Lipinski definition) is 1. The summed E-state index contributed by atoms with van der Waals surface area (Å²) in [5.74, 6) is 0.908. The van der Waals surface area contributed by atoms with Crippen LogP contribution in [0.3, 0.4) is 0 Å². The Balaban J connectivity index is 2.06. The van der Waals surface area contributed by atoms with E-state index in [1.54, 1.807) is 0 Å². The monoisotopic (exact) mass is 287 g/mol.